The lowest BCUT2D eigenvalue weighted by molar-refractivity contribution is 0.283. The highest BCUT2D eigenvalue weighted by atomic mass is 16.5. The third-order valence-electron chi connectivity index (χ3n) is 3.98. The Morgan fingerprint density at radius 1 is 0.923 bits per heavy atom. The van der Waals surface area contributed by atoms with E-state index in [9.17, 15) is 0 Å². The molecule has 3 rings (SSSR count). The fourth-order valence-electron chi connectivity index (χ4n) is 2.54. The van der Waals surface area contributed by atoms with Crippen molar-refractivity contribution in [1.29, 1.82) is 0 Å². The molecule has 0 bridgehead atoms. The largest absolute Gasteiger partial charge is 0.493 e. The van der Waals surface area contributed by atoms with E-state index in [4.69, 9.17) is 9.47 Å². The third-order valence-corrected chi connectivity index (χ3v) is 3.98. The van der Waals surface area contributed by atoms with Gasteiger partial charge in [0.25, 0.3) is 0 Å². The van der Waals surface area contributed by atoms with E-state index in [0.717, 1.165) is 47.0 Å². The van der Waals surface area contributed by atoms with Crippen LogP contribution in [0.25, 0.3) is 0 Å². The van der Waals surface area contributed by atoms with Gasteiger partial charge in [0, 0.05) is 42.9 Å². The number of hydrogen-bond acceptors (Lipinski definition) is 5. The van der Waals surface area contributed by atoms with Crippen molar-refractivity contribution in [2.75, 3.05) is 7.11 Å². The Labute approximate surface area is 154 Å². The van der Waals surface area contributed by atoms with Crippen LogP contribution in [0.15, 0.2) is 61.1 Å². The van der Waals surface area contributed by atoms with Crippen LogP contribution < -0.4 is 14.8 Å². The fourth-order valence-corrected chi connectivity index (χ4v) is 2.54. The van der Waals surface area contributed by atoms with E-state index in [1.54, 1.807) is 19.5 Å². The van der Waals surface area contributed by atoms with Gasteiger partial charge in [-0.1, -0.05) is 18.2 Å². The summed E-state index contributed by atoms with van der Waals surface area (Å²) in [6, 6.07) is 14.0. The maximum absolute atomic E-state index is 5.93. The maximum Gasteiger partial charge on any atom is 0.161 e. The normalized spacial score (nSPS) is 10.5. The molecule has 0 fully saturated rings. The Bertz CT molecular complexity index is 820. The second-order valence-electron chi connectivity index (χ2n) is 6.05. The zero-order valence-electron chi connectivity index (χ0n) is 15.1. The van der Waals surface area contributed by atoms with Gasteiger partial charge in [0.05, 0.1) is 7.11 Å². The van der Waals surface area contributed by atoms with Crippen LogP contribution in [-0.2, 0) is 19.7 Å². The van der Waals surface area contributed by atoms with Crippen LogP contribution >= 0.6 is 0 Å². The number of hydrogen-bond donors (Lipinski definition) is 1. The van der Waals surface area contributed by atoms with E-state index >= 15 is 0 Å². The highest BCUT2D eigenvalue weighted by Gasteiger charge is 2.07. The van der Waals surface area contributed by atoms with Crippen molar-refractivity contribution in [3.8, 4) is 11.5 Å². The predicted molar refractivity (Wildman–Crippen MR) is 101 cm³/mol. The molecule has 1 N–H and O–H groups in total. The minimum absolute atomic E-state index is 0.454. The lowest BCUT2D eigenvalue weighted by atomic mass is 10.2. The van der Waals surface area contributed by atoms with Crippen molar-refractivity contribution < 1.29 is 9.47 Å². The summed E-state index contributed by atoms with van der Waals surface area (Å²) < 4.78 is 11.3. The van der Waals surface area contributed by atoms with Crippen molar-refractivity contribution >= 4 is 0 Å². The van der Waals surface area contributed by atoms with Crippen molar-refractivity contribution in [1.82, 2.24) is 15.3 Å². The highest BCUT2D eigenvalue weighted by molar-refractivity contribution is 5.43. The molecule has 0 amide bonds. The molecule has 0 saturated carbocycles. The first-order valence-electron chi connectivity index (χ1n) is 8.55. The quantitative estimate of drug-likeness (QED) is 0.672. The summed E-state index contributed by atoms with van der Waals surface area (Å²) in [6.45, 7) is 3.95. The highest BCUT2D eigenvalue weighted by Crippen LogP contribution is 2.28. The van der Waals surface area contributed by atoms with Crippen molar-refractivity contribution in [3.63, 3.8) is 0 Å². The molecule has 0 saturated heterocycles. The number of ether oxygens (including phenoxy) is 2. The van der Waals surface area contributed by atoms with Gasteiger partial charge in [0.2, 0.25) is 0 Å². The number of aromatic nitrogens is 2. The smallest absolute Gasteiger partial charge is 0.161 e. The lowest BCUT2D eigenvalue weighted by Crippen LogP contribution is -2.13. The number of rotatable bonds is 8. The molecule has 0 aliphatic carbocycles. The van der Waals surface area contributed by atoms with Gasteiger partial charge < -0.3 is 14.8 Å². The number of benzene rings is 1. The molecule has 0 spiro atoms. The van der Waals surface area contributed by atoms with Gasteiger partial charge in [0.15, 0.2) is 11.5 Å². The zero-order valence-corrected chi connectivity index (χ0v) is 15.1. The molecule has 0 aliphatic heterocycles. The van der Waals surface area contributed by atoms with Crippen LogP contribution in [0.5, 0.6) is 11.5 Å². The molecule has 2 heterocycles. The number of pyridine rings is 2. The Kier molecular flexibility index (Phi) is 6.17. The van der Waals surface area contributed by atoms with E-state index in [1.165, 1.54) is 0 Å². The molecule has 0 radical (unpaired) electrons. The Morgan fingerprint density at radius 2 is 1.77 bits per heavy atom. The summed E-state index contributed by atoms with van der Waals surface area (Å²) in [5, 5.41) is 3.43. The first-order valence-corrected chi connectivity index (χ1v) is 8.55. The van der Waals surface area contributed by atoms with E-state index in [0.29, 0.717) is 6.61 Å². The van der Waals surface area contributed by atoms with Crippen LogP contribution in [0.1, 0.15) is 22.4 Å². The molecular weight excluding hydrogens is 326 g/mol. The average Bonchev–Trinajstić information content (AvgIpc) is 2.69. The van der Waals surface area contributed by atoms with Gasteiger partial charge in [-0.15, -0.1) is 0 Å². The summed E-state index contributed by atoms with van der Waals surface area (Å²) in [6.07, 6.45) is 5.45. The number of methoxy groups -OCH3 is 1. The molecule has 5 heteroatoms. The summed E-state index contributed by atoms with van der Waals surface area (Å²) in [5.41, 5.74) is 4.34. The number of nitrogens with one attached hydrogen (secondary N) is 1. The molecule has 3 aromatic rings. The second-order valence-corrected chi connectivity index (χ2v) is 6.05. The minimum atomic E-state index is 0.454. The van der Waals surface area contributed by atoms with Gasteiger partial charge in [-0.25, -0.2) is 0 Å². The first-order chi connectivity index (χ1) is 12.7. The van der Waals surface area contributed by atoms with E-state index < -0.39 is 0 Å². The molecule has 26 heavy (non-hydrogen) atoms. The van der Waals surface area contributed by atoms with Crippen molar-refractivity contribution in [2.45, 2.75) is 26.6 Å². The first kappa shape index (κ1) is 17.9. The SMILES string of the molecule is COc1ccc(CNCc2ccc(C)nc2)cc1OCc1cccnc1. The summed E-state index contributed by atoms with van der Waals surface area (Å²) >= 11 is 0. The van der Waals surface area contributed by atoms with E-state index in [-0.39, 0.29) is 0 Å². The van der Waals surface area contributed by atoms with Crippen molar-refractivity contribution in [2.24, 2.45) is 0 Å². The summed E-state index contributed by atoms with van der Waals surface area (Å²) in [4.78, 5) is 8.42. The molecule has 2 aromatic heterocycles. The Morgan fingerprint density at radius 3 is 2.50 bits per heavy atom. The van der Waals surface area contributed by atoms with Gasteiger partial charge in [0.1, 0.15) is 6.61 Å². The predicted octanol–water partition coefficient (Wildman–Crippen LogP) is 3.66. The average molecular weight is 349 g/mol. The number of nitrogens with zero attached hydrogens (tertiary/aromatic N) is 2. The van der Waals surface area contributed by atoms with Crippen LogP contribution in [-0.4, -0.2) is 17.1 Å². The minimum Gasteiger partial charge on any atom is -0.493 e. The van der Waals surface area contributed by atoms with E-state index in [1.807, 2.05) is 49.5 Å². The van der Waals surface area contributed by atoms with Gasteiger partial charge in [-0.05, 0) is 42.3 Å². The second kappa shape index (κ2) is 8.97. The number of aryl methyl sites for hydroxylation is 1. The van der Waals surface area contributed by atoms with Crippen LogP contribution in [0, 0.1) is 6.92 Å². The monoisotopic (exact) mass is 349 g/mol. The maximum atomic E-state index is 5.93. The molecule has 0 unspecified atom stereocenters. The third kappa shape index (κ3) is 5.04. The molecule has 1 aromatic carbocycles. The summed E-state index contributed by atoms with van der Waals surface area (Å²) in [7, 11) is 1.65. The van der Waals surface area contributed by atoms with Gasteiger partial charge in [-0.3, -0.25) is 9.97 Å². The van der Waals surface area contributed by atoms with Crippen LogP contribution in [0.2, 0.25) is 0 Å². The van der Waals surface area contributed by atoms with Crippen LogP contribution in [0.4, 0.5) is 0 Å². The lowest BCUT2D eigenvalue weighted by Gasteiger charge is -2.13. The molecule has 0 aliphatic rings. The van der Waals surface area contributed by atoms with Gasteiger partial charge in [-0.2, -0.15) is 0 Å². The van der Waals surface area contributed by atoms with Gasteiger partial charge >= 0.3 is 0 Å². The molecule has 5 nitrogen and oxygen atoms in total. The van der Waals surface area contributed by atoms with Crippen molar-refractivity contribution in [3.05, 3.63) is 83.4 Å². The molecular formula is C21H23N3O2. The zero-order chi connectivity index (χ0) is 18.2. The van der Waals surface area contributed by atoms with Crippen LogP contribution in [0.3, 0.4) is 0 Å². The fraction of sp³-hybridized carbons (Fsp3) is 0.238. The Balaban J connectivity index is 1.60. The Hall–Kier alpha value is -2.92. The standard InChI is InChI=1S/C21H23N3O2/c1-16-5-6-18(14-24-16)12-23-11-17-7-8-20(25-2)21(10-17)26-15-19-4-3-9-22-13-19/h3-10,13-14,23H,11-12,15H2,1-2H3. The summed E-state index contributed by atoms with van der Waals surface area (Å²) in [5.74, 6) is 1.45. The molecule has 0 atom stereocenters. The topological polar surface area (TPSA) is 56.3 Å². The molecule has 134 valence electrons. The van der Waals surface area contributed by atoms with E-state index in [2.05, 4.69) is 21.4 Å².